The normalized spacial score (nSPS) is 11.6. The van der Waals surface area contributed by atoms with E-state index in [0.29, 0.717) is 0 Å². The van der Waals surface area contributed by atoms with E-state index in [0.717, 1.165) is 22.7 Å². The smallest absolute Gasteiger partial charge is 0.0541 e. The molecular weight excluding hydrogens is 1790 g/mol. The predicted molar refractivity (Wildman–Crippen MR) is 626 cm³/mol. The van der Waals surface area contributed by atoms with Crippen molar-refractivity contribution in [3.8, 4) is 123 Å². The van der Waals surface area contributed by atoms with Crippen LogP contribution in [0.25, 0.3) is 265 Å². The number of hydrogen-bond donors (Lipinski definition) is 0. The van der Waals surface area contributed by atoms with Crippen LogP contribution in [0.3, 0.4) is 0 Å². The Balaban J connectivity index is 0.000000107. The summed E-state index contributed by atoms with van der Waals surface area (Å²) in [6.07, 6.45) is 0. The van der Waals surface area contributed by atoms with Crippen LogP contribution in [0.2, 0.25) is 0 Å². The average Bonchev–Trinajstić information content (AvgIpc) is 1.59. The summed E-state index contributed by atoms with van der Waals surface area (Å²) in [6.45, 7) is 0. The summed E-state index contributed by atoms with van der Waals surface area (Å²) in [7, 11) is 0. The van der Waals surface area contributed by atoms with Crippen molar-refractivity contribution < 1.29 is 0 Å². The van der Waals surface area contributed by atoms with Gasteiger partial charge in [0.1, 0.15) is 0 Å². The molecule has 0 spiro atoms. The van der Waals surface area contributed by atoms with Gasteiger partial charge < -0.3 is 27.4 Å². The Labute approximate surface area is 856 Å². The maximum absolute atomic E-state index is 2.40. The first kappa shape index (κ1) is 86.2. The van der Waals surface area contributed by atoms with Crippen LogP contribution in [0, 0.1) is 0 Å². The van der Waals surface area contributed by atoms with E-state index in [-0.39, 0.29) is 0 Å². The number of para-hydroxylation sites is 8. The van der Waals surface area contributed by atoms with Crippen molar-refractivity contribution in [2.75, 3.05) is 0 Å². The van der Waals surface area contributed by atoms with Gasteiger partial charge >= 0.3 is 0 Å². The maximum Gasteiger partial charge on any atom is 0.0541 e. The molecule has 0 fully saturated rings. The summed E-state index contributed by atoms with van der Waals surface area (Å²) >= 11 is 0. The molecule has 6 heteroatoms. The van der Waals surface area contributed by atoms with Gasteiger partial charge in [0.25, 0.3) is 0 Å². The highest BCUT2D eigenvalue weighted by Gasteiger charge is 2.24. The van der Waals surface area contributed by atoms with E-state index in [1.54, 1.807) is 0 Å². The first-order valence-electron chi connectivity index (χ1n) is 50.9. The van der Waals surface area contributed by atoms with Gasteiger partial charge in [-0.05, 0) is 288 Å². The van der Waals surface area contributed by atoms with Crippen LogP contribution in [-0.2, 0) is 0 Å². The highest BCUT2D eigenvalue weighted by atomic mass is 15.0. The van der Waals surface area contributed by atoms with Gasteiger partial charge in [0.2, 0.25) is 0 Å². The van der Waals surface area contributed by atoms with Crippen LogP contribution in [0.4, 0.5) is 0 Å². The summed E-state index contributed by atoms with van der Waals surface area (Å²) in [5, 5.41) is 17.6. The molecule has 0 aliphatic rings. The van der Waals surface area contributed by atoms with Gasteiger partial charge in [-0.3, -0.25) is 0 Å². The Morgan fingerprint density at radius 3 is 0.466 bits per heavy atom. The zero-order valence-corrected chi connectivity index (χ0v) is 81.0. The van der Waals surface area contributed by atoms with Gasteiger partial charge in [-0.1, -0.05) is 382 Å². The van der Waals surface area contributed by atoms with Gasteiger partial charge in [-0.15, -0.1) is 0 Å². The summed E-state index contributed by atoms with van der Waals surface area (Å²) < 4.78 is 14.3. The van der Waals surface area contributed by atoms with E-state index in [1.165, 1.54) is 242 Å². The third-order valence-corrected chi connectivity index (χ3v) is 30.2. The Morgan fingerprint density at radius 1 is 0.0811 bits per heavy atom. The van der Waals surface area contributed by atoms with Crippen molar-refractivity contribution in [1.29, 1.82) is 0 Å². The van der Waals surface area contributed by atoms with Gasteiger partial charge in [-0.2, -0.15) is 0 Å². The van der Waals surface area contributed by atoms with E-state index in [9.17, 15) is 0 Å². The third-order valence-electron chi connectivity index (χ3n) is 30.2. The van der Waals surface area contributed by atoms with E-state index in [1.807, 2.05) is 0 Å². The number of aromatic nitrogens is 6. The second-order valence-corrected chi connectivity index (χ2v) is 38.6. The molecule has 6 nitrogen and oxygen atoms in total. The SMILES string of the molecule is c1ccc(-c2ccc(-c3ccc(-n4c5ccccc5c5cc(-c6ccc7c(c6)c6ccccc6n7-c6ccccc6)ccc54)cc3)cc2)cc1.c1ccc(-c2ccc(-n3c4ccccc4c4cc(-c5ccc6c(c5)c5ccccc5n6-c5ccc(-c6ccccc6)cc5)ccc43)cc2)cc1.c1ccc(-n2c3ccccc3c3cc(-c4ccc5c(c4)c4ccccc4n5-c4ccc(-c5ccc6ccccc6c5)cc4)ccc32)cc1. The minimum atomic E-state index is 1.16. The topological polar surface area (TPSA) is 29.6 Å². The molecule has 0 N–H and O–H groups in total. The molecule has 0 aliphatic heterocycles. The van der Waals surface area contributed by atoms with Gasteiger partial charge in [0.15, 0.2) is 0 Å². The van der Waals surface area contributed by atoms with Crippen molar-refractivity contribution in [3.05, 3.63) is 570 Å². The lowest BCUT2D eigenvalue weighted by Crippen LogP contribution is -1.94. The standard InChI is InChI=1S/2C48H32N2.C46H30N2/c1-3-11-33(12-4-1)35-19-25-39(26-20-35)49-45-17-9-7-15-41(45)43-31-37(23-29-47(43)49)38-24-30-48-44(32-38)42-16-8-10-18-46(42)50(48)40-27-21-36(22-28-40)34-13-5-2-6-14-34;1-3-11-33(12-4-1)34-19-21-35(22-20-34)36-23-27-40(28-24-36)50-46-18-10-8-16-42(46)44-32-38(26-30-48(44)50)37-25-29-47-43(31-37)41-15-7-9-17-45(41)49(47)39-13-5-2-6-14-39;1-2-12-37(13-3-1)47-43-16-8-6-14-39(43)41-29-35(22-26-45(41)47)36-23-27-46-42(30-36)40-15-7-9-17-44(40)48(46)38-24-20-32(21-25-38)34-19-18-31-10-4-5-11-33(31)28-34/h2*1-32H;1-30H. The van der Waals surface area contributed by atoms with Gasteiger partial charge in [0, 0.05) is 98.8 Å². The molecule has 30 aromatic rings. The number of rotatable bonds is 14. The predicted octanol–water partition coefficient (Wildman–Crippen LogP) is 38.1. The number of benzene rings is 24. The molecule has 6 heterocycles. The Hall–Kier alpha value is -19.7. The van der Waals surface area contributed by atoms with E-state index >= 15 is 0 Å². The molecule has 0 radical (unpaired) electrons. The van der Waals surface area contributed by atoms with Crippen LogP contribution in [0.5, 0.6) is 0 Å². The minimum Gasteiger partial charge on any atom is -0.309 e. The zero-order valence-electron chi connectivity index (χ0n) is 81.0. The van der Waals surface area contributed by atoms with E-state index in [4.69, 9.17) is 0 Å². The number of hydrogen-bond acceptors (Lipinski definition) is 0. The second-order valence-electron chi connectivity index (χ2n) is 38.6. The van der Waals surface area contributed by atoms with Crippen molar-refractivity contribution in [2.45, 2.75) is 0 Å². The fourth-order valence-electron chi connectivity index (χ4n) is 23.1. The highest BCUT2D eigenvalue weighted by molar-refractivity contribution is 6.17. The van der Waals surface area contributed by atoms with Crippen molar-refractivity contribution in [3.63, 3.8) is 0 Å². The van der Waals surface area contributed by atoms with Gasteiger partial charge in [-0.25, -0.2) is 0 Å². The zero-order chi connectivity index (χ0) is 97.6. The Bertz CT molecular complexity index is 10100. The average molecular weight is 1880 g/mol. The monoisotopic (exact) mass is 1880 g/mol. The van der Waals surface area contributed by atoms with Crippen molar-refractivity contribution in [2.24, 2.45) is 0 Å². The molecule has 0 saturated carbocycles. The van der Waals surface area contributed by atoms with Crippen molar-refractivity contribution in [1.82, 2.24) is 27.4 Å². The Kier molecular flexibility index (Phi) is 21.2. The highest BCUT2D eigenvalue weighted by Crippen LogP contribution is 2.46. The molecule has 0 aliphatic carbocycles. The molecule has 692 valence electrons. The largest absolute Gasteiger partial charge is 0.309 e. The van der Waals surface area contributed by atoms with Crippen LogP contribution in [-0.4, -0.2) is 27.4 Å². The fraction of sp³-hybridized carbons (Fsp3) is 0. The van der Waals surface area contributed by atoms with Crippen LogP contribution in [0.1, 0.15) is 0 Å². The van der Waals surface area contributed by atoms with E-state index in [2.05, 4.69) is 598 Å². The minimum absolute atomic E-state index is 1.16. The van der Waals surface area contributed by atoms with Crippen molar-refractivity contribution >= 4 is 142 Å². The molecule has 0 unspecified atom stereocenters. The lowest BCUT2D eigenvalue weighted by Gasteiger charge is -2.11. The molecule has 0 amide bonds. The molecule has 0 saturated heterocycles. The molecule has 0 bridgehead atoms. The molecule has 24 aromatic carbocycles. The van der Waals surface area contributed by atoms with Crippen LogP contribution < -0.4 is 0 Å². The lowest BCUT2D eigenvalue weighted by molar-refractivity contribution is 1.18. The third kappa shape index (κ3) is 15.1. The van der Waals surface area contributed by atoms with Gasteiger partial charge in [0.05, 0.1) is 66.2 Å². The quantitative estimate of drug-likeness (QED) is 0.104. The van der Waals surface area contributed by atoms with Crippen LogP contribution in [0.15, 0.2) is 570 Å². The molecule has 30 rings (SSSR count). The number of nitrogens with zero attached hydrogens (tertiary/aromatic N) is 6. The summed E-state index contributed by atoms with van der Waals surface area (Å²) in [5.41, 5.74) is 41.1. The molecule has 148 heavy (non-hydrogen) atoms. The van der Waals surface area contributed by atoms with E-state index < -0.39 is 0 Å². The molecule has 0 atom stereocenters. The lowest BCUT2D eigenvalue weighted by atomic mass is 10.00. The summed E-state index contributed by atoms with van der Waals surface area (Å²) in [6, 6.07) is 207. The Morgan fingerprint density at radius 2 is 0.230 bits per heavy atom. The first-order chi connectivity index (χ1) is 73.4. The molecular formula is C142H94N6. The van der Waals surface area contributed by atoms with Crippen LogP contribution >= 0.6 is 0 Å². The molecule has 6 aromatic heterocycles. The first-order valence-corrected chi connectivity index (χ1v) is 50.9. The summed E-state index contributed by atoms with van der Waals surface area (Å²) in [5.74, 6) is 0. The number of fused-ring (bicyclic) bond motifs is 19. The maximum atomic E-state index is 2.40. The second kappa shape index (κ2) is 36.4. The fourth-order valence-corrected chi connectivity index (χ4v) is 23.1. The summed E-state index contributed by atoms with van der Waals surface area (Å²) in [4.78, 5) is 0.